The Morgan fingerprint density at radius 1 is 1.31 bits per heavy atom. The molecule has 0 radical (unpaired) electrons. The van der Waals surface area contributed by atoms with Crippen LogP contribution in [0.15, 0.2) is 33.7 Å². The maximum atomic E-state index is 5.10. The molecule has 0 saturated heterocycles. The topological polar surface area (TPSA) is 48.9 Å². The van der Waals surface area contributed by atoms with Crippen molar-refractivity contribution in [2.75, 3.05) is 54.0 Å². The van der Waals surface area contributed by atoms with Gasteiger partial charge in [0.1, 0.15) is 0 Å². The summed E-state index contributed by atoms with van der Waals surface area (Å²) in [7, 11) is 5.70. The third-order valence-corrected chi connectivity index (χ3v) is 5.29. The number of aliphatic imine (C=N–C) groups is 1. The number of hydrogen-bond acceptors (Lipinski definition) is 3. The summed E-state index contributed by atoms with van der Waals surface area (Å²) in [5, 5.41) is 6.92. The quantitative estimate of drug-likeness (QED) is 0.208. The van der Waals surface area contributed by atoms with E-state index in [4.69, 9.17) is 4.74 Å². The number of likely N-dealkylation sites (N-methyl/N-ethyl adjacent to an activating group) is 1. The lowest BCUT2D eigenvalue weighted by atomic mass is 9.96. The highest BCUT2D eigenvalue weighted by Crippen LogP contribution is 2.48. The largest absolute Gasteiger partial charge is 0.383 e. The zero-order valence-corrected chi connectivity index (χ0v) is 20.0. The predicted molar refractivity (Wildman–Crippen MR) is 124 cm³/mol. The molecule has 7 heteroatoms. The van der Waals surface area contributed by atoms with E-state index in [2.05, 4.69) is 67.8 Å². The van der Waals surface area contributed by atoms with Crippen LogP contribution in [0.5, 0.6) is 0 Å². The average molecular weight is 539 g/mol. The van der Waals surface area contributed by atoms with E-state index >= 15 is 0 Å². The Morgan fingerprint density at radius 2 is 2.08 bits per heavy atom. The molecule has 1 fully saturated rings. The number of methoxy groups -OCH3 is 1. The van der Waals surface area contributed by atoms with E-state index in [1.807, 2.05) is 7.05 Å². The van der Waals surface area contributed by atoms with Crippen LogP contribution in [0.4, 0.5) is 0 Å². The normalized spacial score (nSPS) is 15.5. The number of nitrogens with zero attached hydrogens (tertiary/aromatic N) is 2. The minimum Gasteiger partial charge on any atom is -0.383 e. The van der Waals surface area contributed by atoms with Crippen LogP contribution in [0.1, 0.15) is 24.8 Å². The van der Waals surface area contributed by atoms with Crippen LogP contribution in [-0.2, 0) is 10.2 Å². The lowest BCUT2D eigenvalue weighted by Crippen LogP contribution is -2.42. The van der Waals surface area contributed by atoms with Gasteiger partial charge in [0.25, 0.3) is 0 Å². The molecular formula is C19H32BrIN4O. The van der Waals surface area contributed by atoms with Crippen molar-refractivity contribution in [3.8, 4) is 0 Å². The van der Waals surface area contributed by atoms with E-state index < -0.39 is 0 Å². The van der Waals surface area contributed by atoms with Gasteiger partial charge >= 0.3 is 0 Å². The van der Waals surface area contributed by atoms with Gasteiger partial charge in [-0.05, 0) is 50.6 Å². The minimum absolute atomic E-state index is 0. The van der Waals surface area contributed by atoms with Gasteiger partial charge in [0.15, 0.2) is 5.96 Å². The van der Waals surface area contributed by atoms with Gasteiger partial charge in [0.2, 0.25) is 0 Å². The van der Waals surface area contributed by atoms with Gasteiger partial charge in [0.05, 0.1) is 6.61 Å². The summed E-state index contributed by atoms with van der Waals surface area (Å²) in [5.41, 5.74) is 1.67. The van der Waals surface area contributed by atoms with Crippen molar-refractivity contribution < 1.29 is 4.74 Å². The second kappa shape index (κ2) is 12.2. The molecule has 0 atom stereocenters. The highest BCUT2D eigenvalue weighted by molar-refractivity contribution is 14.0. The second-order valence-electron chi connectivity index (χ2n) is 6.79. The molecule has 0 heterocycles. The molecule has 2 N–H and O–H groups in total. The van der Waals surface area contributed by atoms with Gasteiger partial charge in [-0.25, -0.2) is 0 Å². The summed E-state index contributed by atoms with van der Waals surface area (Å²) in [6.07, 6.45) is 3.55. The SMILES string of the molecule is CN=C(NCCCN(C)CCOC)NCC1(c2cccc(Br)c2)CC1.I. The number of halogens is 2. The maximum absolute atomic E-state index is 5.10. The lowest BCUT2D eigenvalue weighted by Gasteiger charge is -2.20. The molecule has 26 heavy (non-hydrogen) atoms. The number of nitrogens with one attached hydrogen (secondary N) is 2. The fraction of sp³-hybridized carbons (Fsp3) is 0.632. The fourth-order valence-electron chi connectivity index (χ4n) is 2.92. The van der Waals surface area contributed by atoms with Gasteiger partial charge in [-0.15, -0.1) is 24.0 Å². The number of guanidine groups is 1. The van der Waals surface area contributed by atoms with Gasteiger partial charge in [-0.1, -0.05) is 28.1 Å². The Balaban J connectivity index is 0.00000338. The van der Waals surface area contributed by atoms with Crippen molar-refractivity contribution in [3.63, 3.8) is 0 Å². The van der Waals surface area contributed by atoms with Crippen LogP contribution >= 0.6 is 39.9 Å². The monoisotopic (exact) mass is 538 g/mol. The van der Waals surface area contributed by atoms with Crippen molar-refractivity contribution in [3.05, 3.63) is 34.3 Å². The first-order valence-electron chi connectivity index (χ1n) is 8.98. The first-order valence-corrected chi connectivity index (χ1v) is 9.77. The van der Waals surface area contributed by atoms with E-state index in [1.165, 1.54) is 18.4 Å². The molecule has 2 rings (SSSR count). The van der Waals surface area contributed by atoms with Crippen LogP contribution in [0.2, 0.25) is 0 Å². The third kappa shape index (κ3) is 7.70. The second-order valence-corrected chi connectivity index (χ2v) is 7.71. The molecular weight excluding hydrogens is 507 g/mol. The molecule has 148 valence electrons. The highest BCUT2D eigenvalue weighted by atomic mass is 127. The molecule has 5 nitrogen and oxygen atoms in total. The maximum Gasteiger partial charge on any atom is 0.191 e. The Hall–Kier alpha value is -0.380. The number of benzene rings is 1. The van der Waals surface area contributed by atoms with Crippen LogP contribution in [-0.4, -0.2) is 64.9 Å². The standard InChI is InChI=1S/C19H31BrN4O.HI/c1-21-18(22-10-5-11-24(2)12-13-25-3)23-15-19(8-9-19)16-6-4-7-17(20)14-16;/h4,6-7,14H,5,8-13,15H2,1-3H3,(H2,21,22,23);1H. The minimum atomic E-state index is 0. The molecule has 1 aromatic rings. The molecule has 0 bridgehead atoms. The van der Waals surface area contributed by atoms with Gasteiger partial charge in [0, 0.05) is 43.7 Å². The fourth-order valence-corrected chi connectivity index (χ4v) is 3.32. The van der Waals surface area contributed by atoms with Gasteiger partial charge in [-0.3, -0.25) is 4.99 Å². The first-order chi connectivity index (χ1) is 12.1. The summed E-state index contributed by atoms with van der Waals surface area (Å²) in [6.45, 7) is 4.65. The number of ether oxygens (including phenoxy) is 1. The van der Waals surface area contributed by atoms with Crippen molar-refractivity contribution in [1.29, 1.82) is 0 Å². The molecule has 0 aliphatic heterocycles. The molecule has 0 aromatic heterocycles. The van der Waals surface area contributed by atoms with Crippen molar-refractivity contribution >= 4 is 45.9 Å². The summed E-state index contributed by atoms with van der Waals surface area (Å²) in [4.78, 5) is 6.63. The smallest absolute Gasteiger partial charge is 0.191 e. The summed E-state index contributed by atoms with van der Waals surface area (Å²) < 4.78 is 6.25. The third-order valence-electron chi connectivity index (χ3n) is 4.79. The van der Waals surface area contributed by atoms with Crippen LogP contribution < -0.4 is 10.6 Å². The first kappa shape index (κ1) is 23.7. The van der Waals surface area contributed by atoms with Gasteiger partial charge < -0.3 is 20.3 Å². The Bertz CT molecular complexity index is 566. The molecule has 0 amide bonds. The van der Waals surface area contributed by atoms with Crippen molar-refractivity contribution in [2.45, 2.75) is 24.7 Å². The zero-order chi connectivity index (χ0) is 18.1. The van der Waals surface area contributed by atoms with Gasteiger partial charge in [-0.2, -0.15) is 0 Å². The number of hydrogen-bond donors (Lipinski definition) is 2. The van der Waals surface area contributed by atoms with Crippen molar-refractivity contribution in [1.82, 2.24) is 15.5 Å². The van der Waals surface area contributed by atoms with E-state index in [1.54, 1.807) is 7.11 Å². The molecule has 1 aliphatic rings. The van der Waals surface area contributed by atoms with Crippen LogP contribution in [0, 0.1) is 0 Å². The Morgan fingerprint density at radius 3 is 2.69 bits per heavy atom. The van der Waals surface area contributed by atoms with Crippen molar-refractivity contribution in [2.24, 2.45) is 4.99 Å². The van der Waals surface area contributed by atoms with E-state index in [0.29, 0.717) is 0 Å². The van der Waals surface area contributed by atoms with E-state index in [0.717, 1.165) is 49.6 Å². The van der Waals surface area contributed by atoms with Crippen LogP contribution in [0.25, 0.3) is 0 Å². The molecule has 0 unspecified atom stereocenters. The molecule has 1 saturated carbocycles. The zero-order valence-electron chi connectivity index (χ0n) is 16.1. The Labute approximate surface area is 183 Å². The molecule has 1 aliphatic carbocycles. The average Bonchev–Trinajstić information content (AvgIpc) is 3.40. The molecule has 1 aromatic carbocycles. The summed E-state index contributed by atoms with van der Waals surface area (Å²) in [5.74, 6) is 0.890. The summed E-state index contributed by atoms with van der Waals surface area (Å²) in [6, 6.07) is 8.66. The molecule has 0 spiro atoms. The lowest BCUT2D eigenvalue weighted by molar-refractivity contribution is 0.161. The van der Waals surface area contributed by atoms with E-state index in [-0.39, 0.29) is 29.4 Å². The predicted octanol–water partition coefficient (Wildman–Crippen LogP) is 3.23. The summed E-state index contributed by atoms with van der Waals surface area (Å²) >= 11 is 3.58. The van der Waals surface area contributed by atoms with E-state index in [9.17, 15) is 0 Å². The number of rotatable bonds is 10. The Kier molecular flexibility index (Phi) is 11.1. The van der Waals surface area contributed by atoms with Crippen LogP contribution in [0.3, 0.4) is 0 Å². The highest BCUT2D eigenvalue weighted by Gasteiger charge is 2.44.